The van der Waals surface area contributed by atoms with Crippen molar-refractivity contribution >= 4 is 23.3 Å². The van der Waals surface area contributed by atoms with Crippen LogP contribution in [-0.4, -0.2) is 28.2 Å². The number of aliphatic carboxylic acids is 1. The van der Waals surface area contributed by atoms with Crippen LogP contribution in [0.2, 0.25) is 5.02 Å². The fourth-order valence-corrected chi connectivity index (χ4v) is 8.35. The third-order valence-electron chi connectivity index (χ3n) is 10.5. The molecule has 5 nitrogen and oxygen atoms in total. The van der Waals surface area contributed by atoms with Gasteiger partial charge < -0.3 is 15.2 Å². The number of halogens is 1. The van der Waals surface area contributed by atoms with E-state index in [-0.39, 0.29) is 5.41 Å². The number of fused-ring (bicyclic) bond motifs is 3. The Balaban J connectivity index is 1.19. The molecule has 0 saturated heterocycles. The van der Waals surface area contributed by atoms with Crippen molar-refractivity contribution < 1.29 is 14.6 Å². The minimum Gasteiger partial charge on any atom is -0.493 e. The van der Waals surface area contributed by atoms with Crippen molar-refractivity contribution in [2.24, 2.45) is 11.8 Å². The molecule has 1 saturated carbocycles. The summed E-state index contributed by atoms with van der Waals surface area (Å²) in [6.07, 6.45) is 10.3. The first-order chi connectivity index (χ1) is 20.2. The molecule has 0 amide bonds. The van der Waals surface area contributed by atoms with Crippen molar-refractivity contribution in [1.29, 1.82) is 0 Å². The fourth-order valence-electron chi connectivity index (χ4n) is 8.17. The second-order valence-corrected chi connectivity index (χ2v) is 13.7. The summed E-state index contributed by atoms with van der Waals surface area (Å²) in [5.41, 5.74) is 6.10. The van der Waals surface area contributed by atoms with Crippen LogP contribution in [0.4, 0.5) is 5.69 Å². The van der Waals surface area contributed by atoms with Gasteiger partial charge in [-0.3, -0.25) is 4.98 Å². The molecule has 3 aliphatic rings. The number of nitrogens with one attached hydrogen (secondary N) is 1. The Kier molecular flexibility index (Phi) is 7.99. The SMILES string of the molecule is Cc1ccc(NC2(C(=O)O)CCC3(CC2)c2ccccc2CC3C[C@@H](C)COc2ccnc3c2[C@H](C)CCC3)cc1Cl. The van der Waals surface area contributed by atoms with Gasteiger partial charge in [0.2, 0.25) is 0 Å². The van der Waals surface area contributed by atoms with Crippen molar-refractivity contribution in [2.75, 3.05) is 11.9 Å². The van der Waals surface area contributed by atoms with Crippen LogP contribution in [0.1, 0.15) is 92.7 Å². The Morgan fingerprint density at radius 3 is 2.71 bits per heavy atom. The lowest BCUT2D eigenvalue weighted by Gasteiger charge is -2.47. The van der Waals surface area contributed by atoms with Crippen LogP contribution in [0.15, 0.2) is 54.7 Å². The second-order valence-electron chi connectivity index (χ2n) is 13.3. The average Bonchev–Trinajstić information content (AvgIpc) is 3.27. The molecular weight excluding hydrogens is 544 g/mol. The number of carboxylic acid groups (broad SMARTS) is 1. The van der Waals surface area contributed by atoms with Crippen molar-refractivity contribution in [3.05, 3.63) is 87.7 Å². The molecule has 6 rings (SSSR count). The highest BCUT2D eigenvalue weighted by Gasteiger charge is 2.54. The molecule has 222 valence electrons. The molecule has 6 heteroatoms. The van der Waals surface area contributed by atoms with Crippen LogP contribution in [0.3, 0.4) is 0 Å². The zero-order valence-electron chi connectivity index (χ0n) is 25.1. The lowest BCUT2D eigenvalue weighted by molar-refractivity contribution is -0.144. The molecule has 1 fully saturated rings. The maximum Gasteiger partial charge on any atom is 0.329 e. The van der Waals surface area contributed by atoms with Crippen molar-refractivity contribution in [1.82, 2.24) is 4.98 Å². The molecule has 1 aromatic heterocycles. The lowest BCUT2D eigenvalue weighted by Crippen LogP contribution is -2.53. The maximum absolute atomic E-state index is 12.8. The van der Waals surface area contributed by atoms with Gasteiger partial charge in [0.15, 0.2) is 0 Å². The van der Waals surface area contributed by atoms with Gasteiger partial charge in [-0.1, -0.05) is 55.8 Å². The van der Waals surface area contributed by atoms with Gasteiger partial charge >= 0.3 is 5.97 Å². The topological polar surface area (TPSA) is 71.5 Å². The number of aromatic nitrogens is 1. The van der Waals surface area contributed by atoms with Gasteiger partial charge in [0.25, 0.3) is 0 Å². The minimum absolute atomic E-state index is 0.0131. The number of aryl methyl sites for hydroxylation is 2. The summed E-state index contributed by atoms with van der Waals surface area (Å²) in [6.45, 7) is 7.23. The van der Waals surface area contributed by atoms with Gasteiger partial charge in [-0.15, -0.1) is 0 Å². The number of carbonyl (C=O) groups is 1. The molecule has 1 unspecified atom stereocenters. The van der Waals surface area contributed by atoms with Crippen LogP contribution < -0.4 is 10.1 Å². The molecule has 0 bridgehead atoms. The van der Waals surface area contributed by atoms with Gasteiger partial charge in [0.1, 0.15) is 11.3 Å². The van der Waals surface area contributed by atoms with E-state index in [0.717, 1.165) is 49.1 Å². The average molecular weight is 587 g/mol. The zero-order valence-corrected chi connectivity index (χ0v) is 25.8. The van der Waals surface area contributed by atoms with E-state index in [0.29, 0.717) is 42.2 Å². The third kappa shape index (κ3) is 5.30. The molecular formula is C36H43ClN2O3. The Hall–Kier alpha value is -3.05. The van der Waals surface area contributed by atoms with Crippen molar-refractivity contribution in [2.45, 2.75) is 95.4 Å². The van der Waals surface area contributed by atoms with E-state index in [4.69, 9.17) is 16.3 Å². The highest BCUT2D eigenvalue weighted by molar-refractivity contribution is 6.31. The van der Waals surface area contributed by atoms with Crippen LogP contribution in [0.5, 0.6) is 5.75 Å². The summed E-state index contributed by atoms with van der Waals surface area (Å²) in [5, 5.41) is 14.5. The van der Waals surface area contributed by atoms with E-state index in [2.05, 4.69) is 48.4 Å². The Labute approximate surface area is 255 Å². The van der Waals surface area contributed by atoms with E-state index >= 15 is 0 Å². The Bertz CT molecular complexity index is 1460. The van der Waals surface area contributed by atoms with E-state index in [1.54, 1.807) is 0 Å². The van der Waals surface area contributed by atoms with E-state index in [1.165, 1.54) is 35.2 Å². The second kappa shape index (κ2) is 11.6. The first-order valence-electron chi connectivity index (χ1n) is 15.7. The number of hydrogen-bond donors (Lipinski definition) is 2. The van der Waals surface area contributed by atoms with Gasteiger partial charge in [-0.25, -0.2) is 4.79 Å². The number of carboxylic acids is 1. The van der Waals surface area contributed by atoms with Crippen LogP contribution in [0.25, 0.3) is 0 Å². The molecule has 3 atom stereocenters. The zero-order chi connectivity index (χ0) is 29.5. The largest absolute Gasteiger partial charge is 0.493 e. The van der Waals surface area contributed by atoms with Crippen LogP contribution in [-0.2, 0) is 23.1 Å². The highest BCUT2D eigenvalue weighted by Crippen LogP contribution is 2.56. The predicted octanol–water partition coefficient (Wildman–Crippen LogP) is 8.51. The molecule has 3 aromatic rings. The summed E-state index contributed by atoms with van der Waals surface area (Å²) in [7, 11) is 0. The Morgan fingerprint density at radius 1 is 1.17 bits per heavy atom. The first-order valence-corrected chi connectivity index (χ1v) is 16.1. The number of nitrogens with zero attached hydrogens (tertiary/aromatic N) is 1. The van der Waals surface area contributed by atoms with Gasteiger partial charge in [-0.05, 0) is 123 Å². The number of pyridine rings is 1. The summed E-state index contributed by atoms with van der Waals surface area (Å²) in [6, 6.07) is 16.6. The quantitative estimate of drug-likeness (QED) is 0.277. The summed E-state index contributed by atoms with van der Waals surface area (Å²) < 4.78 is 6.51. The first kappa shape index (κ1) is 29.0. The van der Waals surface area contributed by atoms with Gasteiger partial charge in [0.05, 0.1) is 6.61 Å². The summed E-state index contributed by atoms with van der Waals surface area (Å²) in [5.74, 6) is 1.55. The number of ether oxygens (including phenoxy) is 1. The fraction of sp³-hybridized carbons (Fsp3) is 0.500. The summed E-state index contributed by atoms with van der Waals surface area (Å²) >= 11 is 6.38. The van der Waals surface area contributed by atoms with Crippen LogP contribution >= 0.6 is 11.6 Å². The van der Waals surface area contributed by atoms with Gasteiger partial charge in [-0.2, -0.15) is 0 Å². The Morgan fingerprint density at radius 2 is 1.95 bits per heavy atom. The van der Waals surface area contributed by atoms with Gasteiger partial charge in [0, 0.05) is 28.2 Å². The molecule has 3 aliphatic carbocycles. The van der Waals surface area contributed by atoms with E-state index < -0.39 is 11.5 Å². The normalized spacial score (nSPS) is 27.2. The molecule has 2 aromatic carbocycles. The number of anilines is 1. The minimum atomic E-state index is -1.00. The number of rotatable bonds is 8. The highest BCUT2D eigenvalue weighted by atomic mass is 35.5. The molecule has 1 heterocycles. The molecule has 1 spiro atoms. The van der Waals surface area contributed by atoms with E-state index in [1.807, 2.05) is 37.4 Å². The smallest absolute Gasteiger partial charge is 0.329 e. The number of benzene rings is 2. The van der Waals surface area contributed by atoms with Crippen molar-refractivity contribution in [3.8, 4) is 5.75 Å². The lowest BCUT2D eigenvalue weighted by atomic mass is 9.59. The molecule has 2 N–H and O–H groups in total. The standard InChI is InChI=1S/C36H43ClN2O3/c1-23(22-42-32-13-18-38-31-10-6-7-25(3)33(31)32)19-27-20-26-8-4-5-9-29(26)35(27)14-16-36(17-15-35,34(40)41)39-28-12-11-24(2)30(37)21-28/h4-5,8-9,11-13,18,21,23,25,27,39H,6-7,10,14-17,19-20,22H2,1-3H3,(H,40,41)/t23-,25-,27?,35?,36?/m1/s1. The summed E-state index contributed by atoms with van der Waals surface area (Å²) in [4.78, 5) is 17.4. The third-order valence-corrected chi connectivity index (χ3v) is 11.0. The molecule has 0 radical (unpaired) electrons. The maximum atomic E-state index is 12.8. The van der Waals surface area contributed by atoms with E-state index in [9.17, 15) is 9.90 Å². The van der Waals surface area contributed by atoms with Crippen molar-refractivity contribution in [3.63, 3.8) is 0 Å². The number of hydrogen-bond acceptors (Lipinski definition) is 4. The molecule has 42 heavy (non-hydrogen) atoms. The molecule has 0 aliphatic heterocycles. The monoisotopic (exact) mass is 586 g/mol. The predicted molar refractivity (Wildman–Crippen MR) is 169 cm³/mol. The van der Waals surface area contributed by atoms with Crippen LogP contribution in [0, 0.1) is 18.8 Å².